The van der Waals surface area contributed by atoms with Crippen molar-refractivity contribution in [3.63, 3.8) is 0 Å². The molecule has 2 aromatic carbocycles. The van der Waals surface area contributed by atoms with Gasteiger partial charge in [0.15, 0.2) is 9.84 Å². The number of rotatable bonds is 8. The highest BCUT2D eigenvalue weighted by Crippen LogP contribution is 2.50. The Morgan fingerprint density at radius 1 is 0.884 bits per heavy atom. The largest absolute Gasteiger partial charge is 0.430 e. The quantitative estimate of drug-likeness (QED) is 0.384. The molecule has 2 saturated carbocycles. The van der Waals surface area contributed by atoms with Gasteiger partial charge in [-0.2, -0.15) is 35.1 Å². The Kier molecular flexibility index (Phi) is 7.35. The molecule has 2 aromatic rings. The van der Waals surface area contributed by atoms with Crippen LogP contribution in [0.25, 0.3) is 0 Å². The first-order chi connectivity index (χ1) is 19.8. The van der Waals surface area contributed by atoms with E-state index in [9.17, 15) is 58.2 Å². The van der Waals surface area contributed by atoms with Gasteiger partial charge in [0.05, 0.1) is 10.6 Å². The van der Waals surface area contributed by atoms with E-state index in [1.54, 1.807) is 0 Å². The highest BCUT2D eigenvalue weighted by molar-refractivity contribution is 7.91. The summed E-state index contributed by atoms with van der Waals surface area (Å²) in [6.07, 6.45) is -10.6. The predicted octanol–water partition coefficient (Wildman–Crippen LogP) is 5.25. The van der Waals surface area contributed by atoms with Crippen molar-refractivity contribution in [2.24, 2.45) is 11.8 Å². The van der Waals surface area contributed by atoms with Gasteiger partial charge >= 0.3 is 18.3 Å². The van der Waals surface area contributed by atoms with E-state index in [1.807, 2.05) is 0 Å². The fourth-order valence-corrected chi connectivity index (χ4v) is 6.83. The van der Waals surface area contributed by atoms with E-state index in [-0.39, 0.29) is 46.2 Å². The van der Waals surface area contributed by atoms with Crippen molar-refractivity contribution < 1.29 is 58.2 Å². The molecule has 1 heterocycles. The SMILES string of the molecule is O=C(Nc1ccc(C(O)(C(F)(F)F)C(F)(F)F)cc1)C1c2ccc(S(=O)(=O)CC3CC3)cc2CN1C(=O)C(F)(F)C1CC1. The lowest BCUT2D eigenvalue weighted by atomic mass is 9.92. The maximum absolute atomic E-state index is 14.9. The number of alkyl halides is 8. The Morgan fingerprint density at radius 3 is 1.98 bits per heavy atom. The molecule has 3 aliphatic rings. The number of aliphatic hydroxyl groups is 1. The van der Waals surface area contributed by atoms with Crippen LogP contribution in [0, 0.1) is 11.8 Å². The van der Waals surface area contributed by atoms with Gasteiger partial charge in [0.25, 0.3) is 17.4 Å². The van der Waals surface area contributed by atoms with Crippen LogP contribution in [0.3, 0.4) is 0 Å². The summed E-state index contributed by atoms with van der Waals surface area (Å²) in [7, 11) is -3.74. The molecule has 43 heavy (non-hydrogen) atoms. The molecule has 5 rings (SSSR count). The molecule has 0 radical (unpaired) electrons. The van der Waals surface area contributed by atoms with Gasteiger partial charge in [-0.3, -0.25) is 9.59 Å². The van der Waals surface area contributed by atoms with Crippen molar-refractivity contribution in [1.29, 1.82) is 0 Å². The minimum Gasteiger partial charge on any atom is -0.369 e. The summed E-state index contributed by atoms with van der Waals surface area (Å²) in [6, 6.07) is 3.77. The number of anilines is 1. The Hall–Kier alpha value is -3.27. The van der Waals surface area contributed by atoms with Gasteiger partial charge in [0.2, 0.25) is 0 Å². The van der Waals surface area contributed by atoms with E-state index in [0.717, 1.165) is 12.8 Å². The highest BCUT2D eigenvalue weighted by atomic mass is 32.2. The van der Waals surface area contributed by atoms with Crippen LogP contribution in [0.1, 0.15) is 48.4 Å². The monoisotopic (exact) mass is 640 g/mol. The average molecular weight is 641 g/mol. The third kappa shape index (κ3) is 5.58. The highest BCUT2D eigenvalue weighted by Gasteiger charge is 2.71. The molecular formula is C27H24F8N2O5S. The first-order valence-electron chi connectivity index (χ1n) is 13.1. The van der Waals surface area contributed by atoms with Crippen molar-refractivity contribution in [1.82, 2.24) is 4.90 Å². The zero-order chi connectivity index (χ0) is 31.8. The third-order valence-corrected chi connectivity index (χ3v) is 9.73. The Balaban J connectivity index is 1.45. The number of carbonyl (C=O) groups excluding carboxylic acids is 2. The summed E-state index contributed by atoms with van der Waals surface area (Å²) >= 11 is 0. The number of halogens is 8. The van der Waals surface area contributed by atoms with Crippen LogP contribution in [0.4, 0.5) is 40.8 Å². The van der Waals surface area contributed by atoms with E-state index in [0.29, 0.717) is 29.2 Å². The van der Waals surface area contributed by atoms with Crippen LogP contribution in [-0.4, -0.2) is 54.3 Å². The van der Waals surface area contributed by atoms with E-state index in [4.69, 9.17) is 0 Å². The number of amides is 2. The zero-order valence-corrected chi connectivity index (χ0v) is 22.8. The van der Waals surface area contributed by atoms with E-state index in [2.05, 4.69) is 5.32 Å². The molecule has 0 bridgehead atoms. The Labute approximate surface area is 239 Å². The number of hydrogen-bond donors (Lipinski definition) is 2. The molecule has 234 valence electrons. The van der Waals surface area contributed by atoms with Crippen molar-refractivity contribution in [2.45, 2.75) is 67.0 Å². The fraction of sp³-hybridized carbons (Fsp3) is 0.481. The zero-order valence-electron chi connectivity index (χ0n) is 22.0. The van der Waals surface area contributed by atoms with Gasteiger partial charge in [-0.25, -0.2) is 8.42 Å². The minimum atomic E-state index is -6.14. The van der Waals surface area contributed by atoms with Gasteiger partial charge in [-0.15, -0.1) is 0 Å². The summed E-state index contributed by atoms with van der Waals surface area (Å²) in [6.45, 7) is -0.537. The van der Waals surface area contributed by atoms with Gasteiger partial charge in [-0.05, 0) is 67.0 Å². The summed E-state index contributed by atoms with van der Waals surface area (Å²) < 4.78 is 135. The van der Waals surface area contributed by atoms with Crippen LogP contribution < -0.4 is 5.32 Å². The van der Waals surface area contributed by atoms with Crippen molar-refractivity contribution in [3.05, 3.63) is 59.2 Å². The molecule has 7 nitrogen and oxygen atoms in total. The molecule has 2 fully saturated rings. The number of sulfone groups is 1. The van der Waals surface area contributed by atoms with Crippen molar-refractivity contribution in [2.75, 3.05) is 11.1 Å². The molecule has 2 amide bonds. The smallest absolute Gasteiger partial charge is 0.369 e. The standard InChI is InChI=1S/C27H24F8N2O5S/c28-24(29,16-3-4-16)23(39)37-12-15-11-19(43(41,42)13-14-1-2-14)9-10-20(15)21(37)22(38)36-18-7-5-17(6-8-18)25(40,26(30,31)32)27(33,34)35/h5-11,14,16,21,40H,1-4,12-13H2,(H,36,38). The molecule has 1 atom stereocenters. The first-order valence-corrected chi connectivity index (χ1v) is 14.7. The summed E-state index contributed by atoms with van der Waals surface area (Å²) in [5, 5.41) is 11.8. The number of benzene rings is 2. The molecule has 1 aliphatic heterocycles. The van der Waals surface area contributed by atoms with Gasteiger partial charge in [0, 0.05) is 23.7 Å². The maximum atomic E-state index is 14.9. The molecule has 0 saturated heterocycles. The van der Waals surface area contributed by atoms with Gasteiger partial charge in [0.1, 0.15) is 6.04 Å². The summed E-state index contributed by atoms with van der Waals surface area (Å²) in [5.74, 6) is -7.99. The maximum Gasteiger partial charge on any atom is 0.430 e. The van der Waals surface area contributed by atoms with Crippen LogP contribution in [0.2, 0.25) is 0 Å². The number of nitrogens with one attached hydrogen (secondary N) is 1. The predicted molar refractivity (Wildman–Crippen MR) is 133 cm³/mol. The third-order valence-electron chi connectivity index (χ3n) is 7.85. The molecule has 16 heteroatoms. The number of fused-ring (bicyclic) bond motifs is 1. The second-order valence-corrected chi connectivity index (χ2v) is 13.1. The van der Waals surface area contributed by atoms with Crippen molar-refractivity contribution in [3.8, 4) is 0 Å². The van der Waals surface area contributed by atoms with Crippen molar-refractivity contribution >= 4 is 27.3 Å². The number of hydrogen-bond acceptors (Lipinski definition) is 5. The fourth-order valence-electron chi connectivity index (χ4n) is 5.09. The molecule has 0 aromatic heterocycles. The van der Waals surface area contributed by atoms with Crippen LogP contribution in [0.15, 0.2) is 47.4 Å². The van der Waals surface area contributed by atoms with Crippen LogP contribution >= 0.6 is 0 Å². The van der Waals surface area contributed by atoms with E-state index in [1.165, 1.54) is 18.2 Å². The molecule has 0 spiro atoms. The lowest BCUT2D eigenvalue weighted by molar-refractivity contribution is -0.376. The van der Waals surface area contributed by atoms with Crippen LogP contribution in [-0.2, 0) is 31.6 Å². The van der Waals surface area contributed by atoms with E-state index >= 15 is 0 Å². The minimum absolute atomic E-state index is 0.00161. The van der Waals surface area contributed by atoms with Gasteiger partial charge in [-0.1, -0.05) is 18.2 Å². The summed E-state index contributed by atoms with van der Waals surface area (Å²) in [5.41, 5.74) is -7.01. The summed E-state index contributed by atoms with van der Waals surface area (Å²) in [4.78, 5) is 26.8. The first kappa shape index (κ1) is 31.2. The normalized spacial score (nSPS) is 19.7. The van der Waals surface area contributed by atoms with Gasteiger partial charge < -0.3 is 15.3 Å². The molecule has 1 unspecified atom stereocenters. The Morgan fingerprint density at radius 2 is 1.47 bits per heavy atom. The second kappa shape index (κ2) is 10.1. The molecule has 2 N–H and O–H groups in total. The van der Waals surface area contributed by atoms with E-state index < -0.39 is 69.6 Å². The topological polar surface area (TPSA) is 104 Å². The lowest BCUT2D eigenvalue weighted by Crippen LogP contribution is -2.53. The second-order valence-electron chi connectivity index (χ2n) is 11.1. The average Bonchev–Trinajstić information content (AvgIpc) is 3.84. The molecular weight excluding hydrogens is 616 g/mol. The Bertz CT molecular complexity index is 1530. The molecule has 2 aliphatic carbocycles. The van der Waals surface area contributed by atoms with Crippen LogP contribution in [0.5, 0.6) is 0 Å². The lowest BCUT2D eigenvalue weighted by Gasteiger charge is -2.32. The number of carbonyl (C=O) groups is 2. The number of nitrogens with zero attached hydrogens (tertiary/aromatic N) is 1.